The van der Waals surface area contributed by atoms with Crippen molar-refractivity contribution in [3.05, 3.63) is 74.3 Å². The van der Waals surface area contributed by atoms with E-state index in [1.54, 1.807) is 18.2 Å². The Labute approximate surface area is 141 Å². The first-order valence-electron chi connectivity index (χ1n) is 6.32. The molecule has 1 atom stereocenters. The molecule has 2 nitrogen and oxygen atoms in total. The van der Waals surface area contributed by atoms with Crippen molar-refractivity contribution >= 4 is 50.0 Å². The van der Waals surface area contributed by atoms with E-state index in [4.69, 9.17) is 28.9 Å². The van der Waals surface area contributed by atoms with E-state index in [0.29, 0.717) is 10.0 Å². The van der Waals surface area contributed by atoms with Gasteiger partial charge in [0, 0.05) is 19.9 Å². The molecule has 5 heteroatoms. The van der Waals surface area contributed by atoms with Gasteiger partial charge in [-0.25, -0.2) is 4.98 Å². The van der Waals surface area contributed by atoms with E-state index in [1.165, 1.54) is 0 Å². The molecule has 0 aliphatic heterocycles. The average molecular weight is 382 g/mol. The quantitative estimate of drug-likeness (QED) is 0.649. The molecule has 2 aromatic carbocycles. The number of benzene rings is 2. The molecule has 0 saturated heterocycles. The summed E-state index contributed by atoms with van der Waals surface area (Å²) >= 11 is 15.8. The highest BCUT2D eigenvalue weighted by atomic mass is 79.9. The van der Waals surface area contributed by atoms with Crippen molar-refractivity contribution in [3.8, 4) is 0 Å². The highest BCUT2D eigenvalue weighted by molar-refractivity contribution is 9.10. The second-order valence-electron chi connectivity index (χ2n) is 4.69. The third-order valence-electron chi connectivity index (χ3n) is 3.29. The summed E-state index contributed by atoms with van der Waals surface area (Å²) in [6.45, 7) is 0. The second-order valence-corrected chi connectivity index (χ2v) is 6.39. The molecule has 1 heterocycles. The monoisotopic (exact) mass is 380 g/mol. The smallest absolute Gasteiger partial charge is 0.0766 e. The lowest BCUT2D eigenvalue weighted by Gasteiger charge is -2.16. The number of nitrogens with two attached hydrogens (primary N) is 1. The van der Waals surface area contributed by atoms with Crippen LogP contribution < -0.4 is 5.73 Å². The van der Waals surface area contributed by atoms with Crippen LogP contribution in [0, 0.1) is 0 Å². The van der Waals surface area contributed by atoms with Crippen LogP contribution in [0.1, 0.15) is 17.3 Å². The predicted octanol–water partition coefficient (Wildman–Crippen LogP) is 5.35. The zero-order valence-electron chi connectivity index (χ0n) is 10.9. The number of halogens is 3. The van der Waals surface area contributed by atoms with Gasteiger partial charge in [-0.2, -0.15) is 0 Å². The SMILES string of the molecule is NC(c1cc(Cl)ccc1Cl)c1nc2ccccc2cc1Br. The topological polar surface area (TPSA) is 38.9 Å². The molecule has 0 radical (unpaired) electrons. The van der Waals surface area contributed by atoms with Gasteiger partial charge in [0.15, 0.2) is 0 Å². The summed E-state index contributed by atoms with van der Waals surface area (Å²) in [6, 6.07) is 14.7. The summed E-state index contributed by atoms with van der Waals surface area (Å²) in [5, 5.41) is 2.23. The maximum absolute atomic E-state index is 6.34. The molecule has 0 aliphatic carbocycles. The van der Waals surface area contributed by atoms with Crippen LogP contribution in [0.2, 0.25) is 10.0 Å². The minimum atomic E-state index is -0.449. The van der Waals surface area contributed by atoms with E-state index < -0.39 is 6.04 Å². The van der Waals surface area contributed by atoms with Crippen LogP contribution in [-0.2, 0) is 0 Å². The van der Waals surface area contributed by atoms with Crippen LogP contribution in [0.15, 0.2) is 53.0 Å². The molecule has 0 bridgehead atoms. The number of hydrogen-bond donors (Lipinski definition) is 1. The Morgan fingerprint density at radius 3 is 2.62 bits per heavy atom. The summed E-state index contributed by atoms with van der Waals surface area (Å²) < 4.78 is 0.852. The van der Waals surface area contributed by atoms with Gasteiger partial charge in [-0.3, -0.25) is 0 Å². The van der Waals surface area contributed by atoms with Crippen LogP contribution in [0.25, 0.3) is 10.9 Å². The number of aromatic nitrogens is 1. The summed E-state index contributed by atoms with van der Waals surface area (Å²) in [5.74, 6) is 0. The predicted molar refractivity (Wildman–Crippen MR) is 91.9 cm³/mol. The number of nitrogens with zero attached hydrogens (tertiary/aromatic N) is 1. The van der Waals surface area contributed by atoms with Crippen LogP contribution in [0.4, 0.5) is 0 Å². The maximum atomic E-state index is 6.34. The summed E-state index contributed by atoms with van der Waals surface area (Å²) in [5.41, 5.74) is 8.73. The van der Waals surface area contributed by atoms with Gasteiger partial charge in [-0.15, -0.1) is 0 Å². The fourth-order valence-corrected chi connectivity index (χ4v) is 3.22. The lowest BCUT2D eigenvalue weighted by atomic mass is 10.0. The van der Waals surface area contributed by atoms with Gasteiger partial charge in [-0.05, 0) is 51.8 Å². The fraction of sp³-hybridized carbons (Fsp3) is 0.0625. The Morgan fingerprint density at radius 1 is 1.05 bits per heavy atom. The van der Waals surface area contributed by atoms with Crippen molar-refractivity contribution in [2.45, 2.75) is 6.04 Å². The zero-order valence-corrected chi connectivity index (χ0v) is 14.0. The Hall–Kier alpha value is -1.13. The minimum Gasteiger partial charge on any atom is -0.319 e. The highest BCUT2D eigenvalue weighted by Gasteiger charge is 2.18. The molecule has 0 saturated carbocycles. The standard InChI is InChI=1S/C16H11BrCl2N2/c17-12-7-9-3-1-2-4-14(9)21-16(12)15(20)11-8-10(18)5-6-13(11)19/h1-8,15H,20H2. The number of fused-ring (bicyclic) bond motifs is 1. The van der Waals surface area contributed by atoms with E-state index in [-0.39, 0.29) is 0 Å². The van der Waals surface area contributed by atoms with Crippen molar-refractivity contribution in [1.82, 2.24) is 4.98 Å². The molecule has 1 unspecified atom stereocenters. The molecule has 0 spiro atoms. The van der Waals surface area contributed by atoms with E-state index in [0.717, 1.165) is 26.6 Å². The van der Waals surface area contributed by atoms with Crippen molar-refractivity contribution in [2.24, 2.45) is 5.73 Å². The summed E-state index contributed by atoms with van der Waals surface area (Å²) in [4.78, 5) is 4.65. The molecular formula is C16H11BrCl2N2. The lowest BCUT2D eigenvalue weighted by molar-refractivity contribution is 0.830. The highest BCUT2D eigenvalue weighted by Crippen LogP contribution is 2.33. The van der Waals surface area contributed by atoms with Crippen LogP contribution in [-0.4, -0.2) is 4.98 Å². The molecule has 0 amide bonds. The molecule has 1 aromatic heterocycles. The van der Waals surface area contributed by atoms with Gasteiger partial charge in [0.25, 0.3) is 0 Å². The van der Waals surface area contributed by atoms with Gasteiger partial charge in [0.2, 0.25) is 0 Å². The molecule has 2 N–H and O–H groups in total. The van der Waals surface area contributed by atoms with Gasteiger partial charge >= 0.3 is 0 Å². The third kappa shape index (κ3) is 2.92. The van der Waals surface area contributed by atoms with Gasteiger partial charge in [-0.1, -0.05) is 41.4 Å². The molecular weight excluding hydrogens is 371 g/mol. The number of pyridine rings is 1. The molecule has 0 aliphatic rings. The van der Waals surface area contributed by atoms with Crippen LogP contribution in [0.5, 0.6) is 0 Å². The maximum Gasteiger partial charge on any atom is 0.0766 e. The first-order chi connectivity index (χ1) is 10.1. The van der Waals surface area contributed by atoms with E-state index in [9.17, 15) is 0 Å². The molecule has 0 fully saturated rings. The number of hydrogen-bond acceptors (Lipinski definition) is 2. The van der Waals surface area contributed by atoms with E-state index in [2.05, 4.69) is 20.9 Å². The molecule has 3 aromatic rings. The average Bonchev–Trinajstić information content (AvgIpc) is 2.48. The number of para-hydroxylation sites is 1. The first kappa shape index (κ1) is 14.8. The van der Waals surface area contributed by atoms with Crippen LogP contribution in [0.3, 0.4) is 0 Å². The summed E-state index contributed by atoms with van der Waals surface area (Å²) in [6.07, 6.45) is 0. The first-order valence-corrected chi connectivity index (χ1v) is 7.87. The Kier molecular flexibility index (Phi) is 4.18. The van der Waals surface area contributed by atoms with E-state index >= 15 is 0 Å². The van der Waals surface area contributed by atoms with Crippen molar-refractivity contribution < 1.29 is 0 Å². The fourth-order valence-electron chi connectivity index (χ4n) is 2.22. The molecule has 106 valence electrons. The van der Waals surface area contributed by atoms with Crippen molar-refractivity contribution in [1.29, 1.82) is 0 Å². The number of rotatable bonds is 2. The minimum absolute atomic E-state index is 0.449. The Morgan fingerprint density at radius 2 is 1.81 bits per heavy atom. The van der Waals surface area contributed by atoms with Gasteiger partial charge in [0.1, 0.15) is 0 Å². The van der Waals surface area contributed by atoms with E-state index in [1.807, 2.05) is 30.3 Å². The van der Waals surface area contributed by atoms with Crippen molar-refractivity contribution in [3.63, 3.8) is 0 Å². The molecule has 21 heavy (non-hydrogen) atoms. The largest absolute Gasteiger partial charge is 0.319 e. The molecule has 3 rings (SSSR count). The Balaban J connectivity index is 2.14. The van der Waals surface area contributed by atoms with Gasteiger partial charge in [0.05, 0.1) is 17.3 Å². The normalized spacial score (nSPS) is 12.6. The zero-order chi connectivity index (χ0) is 15.0. The van der Waals surface area contributed by atoms with Crippen molar-refractivity contribution in [2.75, 3.05) is 0 Å². The lowest BCUT2D eigenvalue weighted by Crippen LogP contribution is -2.15. The summed E-state index contributed by atoms with van der Waals surface area (Å²) in [7, 11) is 0. The van der Waals surface area contributed by atoms with Crippen LogP contribution >= 0.6 is 39.1 Å². The third-order valence-corrected chi connectivity index (χ3v) is 4.51. The second kappa shape index (κ2) is 5.93. The Bertz CT molecular complexity index is 820. The van der Waals surface area contributed by atoms with Gasteiger partial charge < -0.3 is 5.73 Å².